The van der Waals surface area contributed by atoms with Crippen LogP contribution in [-0.2, 0) is 42.2 Å². The Hall–Kier alpha value is -2.82. The molecule has 0 heterocycles. The minimum absolute atomic E-state index is 0.150. The lowest BCUT2D eigenvalue weighted by Crippen LogP contribution is -2.30. The number of esters is 3. The van der Waals surface area contributed by atoms with Crippen LogP contribution in [0.1, 0.15) is 278 Å². The summed E-state index contributed by atoms with van der Waals surface area (Å²) in [4.78, 5) is 48.6. The Labute approximate surface area is 453 Å². The number of carbonyl (C=O) groups is 3. The maximum Gasteiger partial charge on any atom is 0.472 e. The van der Waals surface area contributed by atoms with Crippen molar-refractivity contribution >= 4 is 25.7 Å². The van der Waals surface area contributed by atoms with Gasteiger partial charge < -0.3 is 24.2 Å². The number of hydrogen-bond donors (Lipinski definition) is 2. The molecule has 74 heavy (non-hydrogen) atoms. The smallest absolute Gasteiger partial charge is 0.462 e. The molecule has 0 radical (unpaired) electrons. The summed E-state index contributed by atoms with van der Waals surface area (Å²) >= 11 is 0. The first kappa shape index (κ1) is 71.2. The molecule has 0 aromatic heterocycles. The quantitative estimate of drug-likeness (QED) is 0.0197. The van der Waals surface area contributed by atoms with Gasteiger partial charge in [0, 0.05) is 19.3 Å². The number of aliphatic hydroxyl groups excluding tert-OH is 1. The number of phosphoric acid groups is 1. The second-order valence-electron chi connectivity index (χ2n) is 20.2. The number of carbonyl (C=O) groups excluding carboxylic acids is 3. The largest absolute Gasteiger partial charge is 0.472 e. The molecular weight excluding hydrogens is 952 g/mol. The molecule has 2 N–H and O–H groups in total. The van der Waals surface area contributed by atoms with E-state index in [1.807, 2.05) is 0 Å². The standard InChI is InChI=1S/C62H111O11P/c1-4-7-10-13-16-19-22-25-28-29-32-33-36-39-42-45-48-51-60(64)69-55-59(73-62(66)53-50-47-44-41-38-35-31-27-24-21-18-15-12-9-6-3)57-71-74(67,68)70-56-58(54-63)72-61(65)52-49-46-43-40-37-34-30-26-23-20-17-14-11-8-5-2/h17-18,20-21,25-28,30-31,58-59,63H,4-16,19,22-24,29,32-57H2,1-3H3,(H,67,68)/b20-17-,21-18-,28-25-,30-26-,31-27-. The SMILES string of the molecule is CCCCC/C=C\C/C=C\CCCCCCCC(=O)OC(CO)COP(=O)(O)OCC(COC(=O)CCCCCCCCC/C=C\CCCCCCCC)OC(=O)CCCCCCC/C=C\C/C=C\CCCCC. The van der Waals surface area contributed by atoms with E-state index in [1.54, 1.807) is 0 Å². The van der Waals surface area contributed by atoms with Crippen LogP contribution in [0.3, 0.4) is 0 Å². The number of allylic oxidation sites excluding steroid dienone is 10. The van der Waals surface area contributed by atoms with Crippen molar-refractivity contribution in [2.75, 3.05) is 26.4 Å². The van der Waals surface area contributed by atoms with Crippen molar-refractivity contribution in [3.05, 3.63) is 60.8 Å². The average molecular weight is 1060 g/mol. The Bertz CT molecular complexity index is 1470. The second kappa shape index (κ2) is 56.4. The van der Waals surface area contributed by atoms with Gasteiger partial charge in [-0.15, -0.1) is 0 Å². The van der Waals surface area contributed by atoms with Crippen molar-refractivity contribution in [3.8, 4) is 0 Å². The van der Waals surface area contributed by atoms with Gasteiger partial charge in [-0.25, -0.2) is 4.57 Å². The first-order valence-corrected chi connectivity index (χ1v) is 31.7. The minimum atomic E-state index is -4.76. The Morgan fingerprint density at radius 2 is 0.662 bits per heavy atom. The predicted octanol–water partition coefficient (Wildman–Crippen LogP) is 17.9. The van der Waals surface area contributed by atoms with Gasteiger partial charge in [0.25, 0.3) is 0 Å². The highest BCUT2D eigenvalue weighted by Crippen LogP contribution is 2.43. The topological polar surface area (TPSA) is 155 Å². The van der Waals surface area contributed by atoms with Crippen LogP contribution in [0.5, 0.6) is 0 Å². The number of rotatable bonds is 56. The third-order valence-electron chi connectivity index (χ3n) is 12.9. The van der Waals surface area contributed by atoms with E-state index >= 15 is 0 Å². The van der Waals surface area contributed by atoms with Crippen LogP contribution in [-0.4, -0.2) is 66.5 Å². The van der Waals surface area contributed by atoms with Gasteiger partial charge in [0.05, 0.1) is 19.8 Å². The number of ether oxygens (including phenoxy) is 3. The molecule has 12 heteroatoms. The highest BCUT2D eigenvalue weighted by molar-refractivity contribution is 7.47. The van der Waals surface area contributed by atoms with E-state index in [4.69, 9.17) is 23.3 Å². The molecule has 430 valence electrons. The van der Waals surface area contributed by atoms with E-state index in [-0.39, 0.29) is 25.9 Å². The lowest BCUT2D eigenvalue weighted by molar-refractivity contribution is -0.161. The second-order valence-corrected chi connectivity index (χ2v) is 21.6. The molecule has 0 saturated heterocycles. The van der Waals surface area contributed by atoms with Gasteiger partial charge in [-0.2, -0.15) is 0 Å². The molecule has 3 atom stereocenters. The first-order valence-electron chi connectivity index (χ1n) is 30.2. The van der Waals surface area contributed by atoms with Gasteiger partial charge in [-0.05, 0) is 109 Å². The van der Waals surface area contributed by atoms with Gasteiger partial charge in [0.15, 0.2) is 6.10 Å². The molecule has 0 aromatic rings. The Balaban J connectivity index is 4.73. The van der Waals surface area contributed by atoms with Crippen LogP contribution >= 0.6 is 7.82 Å². The summed E-state index contributed by atoms with van der Waals surface area (Å²) in [6.07, 6.45) is 61.7. The lowest BCUT2D eigenvalue weighted by Gasteiger charge is -2.21. The number of hydrogen-bond acceptors (Lipinski definition) is 10. The van der Waals surface area contributed by atoms with Crippen LogP contribution in [0.15, 0.2) is 60.8 Å². The third-order valence-corrected chi connectivity index (χ3v) is 13.8. The fourth-order valence-electron chi connectivity index (χ4n) is 8.23. The van der Waals surface area contributed by atoms with Gasteiger partial charge >= 0.3 is 25.7 Å². The summed E-state index contributed by atoms with van der Waals surface area (Å²) in [5.74, 6) is -1.49. The van der Waals surface area contributed by atoms with E-state index in [9.17, 15) is 28.9 Å². The zero-order valence-electron chi connectivity index (χ0n) is 47.6. The molecule has 0 amide bonds. The molecular formula is C62H111O11P. The van der Waals surface area contributed by atoms with E-state index < -0.39 is 57.8 Å². The highest BCUT2D eigenvalue weighted by Gasteiger charge is 2.28. The Morgan fingerprint density at radius 3 is 1.04 bits per heavy atom. The summed E-state index contributed by atoms with van der Waals surface area (Å²) in [5.41, 5.74) is 0. The minimum Gasteiger partial charge on any atom is -0.462 e. The lowest BCUT2D eigenvalue weighted by atomic mass is 10.1. The van der Waals surface area contributed by atoms with Crippen LogP contribution < -0.4 is 0 Å². The molecule has 0 aliphatic rings. The molecule has 0 spiro atoms. The van der Waals surface area contributed by atoms with Crippen molar-refractivity contribution in [1.82, 2.24) is 0 Å². The zero-order chi connectivity index (χ0) is 54.1. The summed E-state index contributed by atoms with van der Waals surface area (Å²) in [6.45, 7) is 4.58. The van der Waals surface area contributed by atoms with E-state index in [1.165, 1.54) is 103 Å². The first-order chi connectivity index (χ1) is 36.2. The molecule has 0 saturated carbocycles. The van der Waals surface area contributed by atoms with Gasteiger partial charge in [0.2, 0.25) is 0 Å². The molecule has 3 unspecified atom stereocenters. The number of aliphatic hydroxyl groups is 1. The number of phosphoric ester groups is 1. The van der Waals surface area contributed by atoms with Gasteiger partial charge in [-0.1, -0.05) is 210 Å². The summed E-state index contributed by atoms with van der Waals surface area (Å²) in [7, 11) is -4.76. The monoisotopic (exact) mass is 1060 g/mol. The zero-order valence-corrected chi connectivity index (χ0v) is 48.5. The molecule has 0 aromatic carbocycles. The molecule has 0 rings (SSSR count). The molecule has 11 nitrogen and oxygen atoms in total. The summed E-state index contributed by atoms with van der Waals surface area (Å²) in [5, 5.41) is 9.82. The molecule has 0 fully saturated rings. The Kier molecular flexibility index (Phi) is 54.2. The molecule has 0 aliphatic carbocycles. The van der Waals surface area contributed by atoms with Crippen LogP contribution in [0.25, 0.3) is 0 Å². The van der Waals surface area contributed by atoms with Gasteiger partial charge in [0.1, 0.15) is 12.7 Å². The van der Waals surface area contributed by atoms with Crippen LogP contribution in [0.2, 0.25) is 0 Å². The van der Waals surface area contributed by atoms with E-state index in [2.05, 4.69) is 81.5 Å². The third kappa shape index (κ3) is 54.0. The predicted molar refractivity (Wildman–Crippen MR) is 307 cm³/mol. The fourth-order valence-corrected chi connectivity index (χ4v) is 9.02. The van der Waals surface area contributed by atoms with Crippen molar-refractivity contribution in [1.29, 1.82) is 0 Å². The maximum absolute atomic E-state index is 12.9. The molecule has 0 bridgehead atoms. The van der Waals surface area contributed by atoms with Gasteiger partial charge in [-0.3, -0.25) is 23.4 Å². The normalized spacial score (nSPS) is 13.7. The highest BCUT2D eigenvalue weighted by atomic mass is 31.2. The summed E-state index contributed by atoms with van der Waals surface area (Å²) in [6, 6.07) is 0. The Morgan fingerprint density at radius 1 is 0.378 bits per heavy atom. The number of unbranched alkanes of at least 4 members (excludes halogenated alkanes) is 29. The molecule has 0 aliphatic heterocycles. The summed E-state index contributed by atoms with van der Waals surface area (Å²) < 4.78 is 39.6. The average Bonchev–Trinajstić information content (AvgIpc) is 3.39. The van der Waals surface area contributed by atoms with E-state index in [0.29, 0.717) is 19.3 Å². The van der Waals surface area contributed by atoms with Crippen molar-refractivity contribution in [3.63, 3.8) is 0 Å². The van der Waals surface area contributed by atoms with Crippen molar-refractivity contribution in [2.24, 2.45) is 0 Å². The fraction of sp³-hybridized carbons (Fsp3) is 0.790. The van der Waals surface area contributed by atoms with E-state index in [0.717, 1.165) is 116 Å². The van der Waals surface area contributed by atoms with Crippen molar-refractivity contribution in [2.45, 2.75) is 290 Å². The maximum atomic E-state index is 12.9. The van der Waals surface area contributed by atoms with Crippen molar-refractivity contribution < 1.29 is 52.2 Å². The van der Waals surface area contributed by atoms with Crippen LogP contribution in [0, 0.1) is 0 Å². The van der Waals surface area contributed by atoms with Crippen LogP contribution in [0.4, 0.5) is 0 Å².